The van der Waals surface area contributed by atoms with Crippen LogP contribution in [0.1, 0.15) is 40.9 Å². The van der Waals surface area contributed by atoms with Crippen molar-refractivity contribution in [3.05, 3.63) is 107 Å². The summed E-state index contributed by atoms with van der Waals surface area (Å²) < 4.78 is 27.7. The summed E-state index contributed by atoms with van der Waals surface area (Å²) in [6, 6.07) is 21.2. The van der Waals surface area contributed by atoms with E-state index in [0.717, 1.165) is 10.9 Å². The van der Waals surface area contributed by atoms with Crippen LogP contribution in [-0.2, 0) is 17.8 Å². The first-order chi connectivity index (χ1) is 18.9. The minimum atomic E-state index is -0.859. The molecule has 6 nitrogen and oxygen atoms in total. The molecule has 0 bridgehead atoms. The SMILES string of the molecule is O=C(O)CCCCc1nc2cc(C(=O)NCc3ccc(F)c4ccccc34)ccc2nc1-c1ccc(F)cc1. The summed E-state index contributed by atoms with van der Waals surface area (Å²) in [5.41, 5.74) is 4.24. The number of carbonyl (C=O) groups excluding carboxylic acids is 1. The van der Waals surface area contributed by atoms with E-state index in [4.69, 9.17) is 15.1 Å². The lowest BCUT2D eigenvalue weighted by atomic mass is 10.0. The molecule has 0 spiro atoms. The van der Waals surface area contributed by atoms with Gasteiger partial charge in [0.2, 0.25) is 0 Å². The van der Waals surface area contributed by atoms with E-state index in [1.807, 2.05) is 12.1 Å². The number of fused-ring (bicyclic) bond motifs is 2. The van der Waals surface area contributed by atoms with Gasteiger partial charge in [-0.2, -0.15) is 0 Å². The van der Waals surface area contributed by atoms with Gasteiger partial charge >= 0.3 is 5.97 Å². The number of nitrogens with one attached hydrogen (secondary N) is 1. The molecular formula is C31H25F2N3O3. The fourth-order valence-corrected chi connectivity index (χ4v) is 4.57. The Morgan fingerprint density at radius 2 is 1.59 bits per heavy atom. The zero-order chi connectivity index (χ0) is 27.4. The quantitative estimate of drug-likeness (QED) is 0.216. The molecule has 196 valence electrons. The van der Waals surface area contributed by atoms with Gasteiger partial charge in [0.1, 0.15) is 11.6 Å². The zero-order valence-corrected chi connectivity index (χ0v) is 21.0. The highest BCUT2D eigenvalue weighted by atomic mass is 19.1. The molecular weight excluding hydrogens is 500 g/mol. The maximum absolute atomic E-state index is 14.2. The first-order valence-electron chi connectivity index (χ1n) is 12.6. The van der Waals surface area contributed by atoms with Crippen molar-refractivity contribution in [3.8, 4) is 11.3 Å². The van der Waals surface area contributed by atoms with Crippen molar-refractivity contribution in [2.75, 3.05) is 0 Å². The van der Waals surface area contributed by atoms with Gasteiger partial charge in [0.25, 0.3) is 5.91 Å². The van der Waals surface area contributed by atoms with Crippen molar-refractivity contribution in [1.82, 2.24) is 15.3 Å². The van der Waals surface area contributed by atoms with Crippen LogP contribution in [0.5, 0.6) is 0 Å². The van der Waals surface area contributed by atoms with E-state index in [2.05, 4.69) is 5.32 Å². The Hall–Kier alpha value is -4.72. The second kappa shape index (κ2) is 11.3. The van der Waals surface area contributed by atoms with Gasteiger partial charge in [-0.15, -0.1) is 0 Å². The Morgan fingerprint density at radius 3 is 2.36 bits per heavy atom. The van der Waals surface area contributed by atoms with E-state index in [1.54, 1.807) is 48.5 Å². The molecule has 39 heavy (non-hydrogen) atoms. The average molecular weight is 526 g/mol. The minimum Gasteiger partial charge on any atom is -0.481 e. The Morgan fingerprint density at radius 1 is 0.821 bits per heavy atom. The number of halogens is 2. The van der Waals surface area contributed by atoms with Crippen LogP contribution in [0.3, 0.4) is 0 Å². The number of amides is 1. The largest absolute Gasteiger partial charge is 0.481 e. The van der Waals surface area contributed by atoms with Crippen LogP contribution < -0.4 is 5.32 Å². The van der Waals surface area contributed by atoms with Crippen LogP contribution in [0.4, 0.5) is 8.78 Å². The molecule has 0 aliphatic heterocycles. The Balaban J connectivity index is 1.41. The van der Waals surface area contributed by atoms with Crippen molar-refractivity contribution in [3.63, 3.8) is 0 Å². The van der Waals surface area contributed by atoms with E-state index >= 15 is 0 Å². The van der Waals surface area contributed by atoms with E-state index in [-0.39, 0.29) is 30.5 Å². The van der Waals surface area contributed by atoms with Crippen molar-refractivity contribution in [1.29, 1.82) is 0 Å². The average Bonchev–Trinajstić information content (AvgIpc) is 2.94. The molecule has 1 amide bonds. The topological polar surface area (TPSA) is 92.2 Å². The minimum absolute atomic E-state index is 0.0561. The molecule has 1 heterocycles. The highest BCUT2D eigenvalue weighted by molar-refractivity contribution is 5.98. The van der Waals surface area contributed by atoms with Gasteiger partial charge in [-0.3, -0.25) is 9.59 Å². The lowest BCUT2D eigenvalue weighted by Gasteiger charge is -2.12. The monoisotopic (exact) mass is 525 g/mol. The van der Waals surface area contributed by atoms with Gasteiger partial charge in [-0.05, 0) is 78.7 Å². The fraction of sp³-hybridized carbons (Fsp3) is 0.161. The molecule has 8 heteroatoms. The summed E-state index contributed by atoms with van der Waals surface area (Å²) in [6.45, 7) is 0.224. The first-order valence-corrected chi connectivity index (χ1v) is 12.6. The normalized spacial score (nSPS) is 11.1. The van der Waals surface area contributed by atoms with Crippen molar-refractivity contribution < 1.29 is 23.5 Å². The smallest absolute Gasteiger partial charge is 0.303 e. The number of aryl methyl sites for hydroxylation is 1. The summed E-state index contributed by atoms with van der Waals surface area (Å²) in [6.07, 6.45) is 1.61. The molecule has 1 aromatic heterocycles. The van der Waals surface area contributed by atoms with Crippen molar-refractivity contribution in [2.24, 2.45) is 0 Å². The van der Waals surface area contributed by atoms with Crippen LogP contribution in [0.2, 0.25) is 0 Å². The summed E-state index contributed by atoms with van der Waals surface area (Å²) in [7, 11) is 0. The molecule has 0 aliphatic carbocycles. The van der Waals surface area contributed by atoms with Crippen LogP contribution >= 0.6 is 0 Å². The van der Waals surface area contributed by atoms with Crippen LogP contribution in [0.25, 0.3) is 33.1 Å². The van der Waals surface area contributed by atoms with Crippen molar-refractivity contribution >= 4 is 33.7 Å². The molecule has 0 saturated carbocycles. The van der Waals surface area contributed by atoms with Gasteiger partial charge in [0.05, 0.1) is 22.4 Å². The lowest BCUT2D eigenvalue weighted by Crippen LogP contribution is -2.23. The van der Waals surface area contributed by atoms with Gasteiger partial charge in [0, 0.05) is 29.5 Å². The van der Waals surface area contributed by atoms with Crippen LogP contribution in [-0.4, -0.2) is 27.0 Å². The number of aliphatic carboxylic acids is 1. The number of carboxylic acid groups (broad SMARTS) is 1. The number of hydrogen-bond acceptors (Lipinski definition) is 4. The first kappa shape index (κ1) is 25.9. The zero-order valence-electron chi connectivity index (χ0n) is 21.0. The number of unbranched alkanes of at least 4 members (excludes halogenated alkanes) is 1. The second-order valence-electron chi connectivity index (χ2n) is 9.26. The number of aromatic nitrogens is 2. The van der Waals surface area contributed by atoms with Gasteiger partial charge in [0.15, 0.2) is 0 Å². The summed E-state index contributed by atoms with van der Waals surface area (Å²) in [5, 5.41) is 13.1. The molecule has 0 aliphatic rings. The second-order valence-corrected chi connectivity index (χ2v) is 9.26. The molecule has 4 aromatic carbocycles. The third-order valence-electron chi connectivity index (χ3n) is 6.57. The maximum Gasteiger partial charge on any atom is 0.303 e. The van der Waals surface area contributed by atoms with Gasteiger partial charge in [-0.25, -0.2) is 18.7 Å². The predicted octanol–water partition coefficient (Wildman–Crippen LogP) is 6.46. The van der Waals surface area contributed by atoms with Gasteiger partial charge in [-0.1, -0.05) is 30.3 Å². The van der Waals surface area contributed by atoms with Crippen LogP contribution in [0.15, 0.2) is 78.9 Å². The standard InChI is InChI=1S/C31H25F2N3O3/c32-22-13-9-19(10-14-22)30-27(7-3-4-8-29(37)38)35-28-17-20(12-16-26(28)36-30)31(39)34-18-21-11-15-25(33)24-6-2-1-5-23(21)24/h1-2,5-6,9-17H,3-4,7-8,18H2,(H,34,39)(H,37,38). The van der Waals surface area contributed by atoms with E-state index < -0.39 is 5.97 Å². The molecule has 0 atom stereocenters. The number of rotatable bonds is 9. The number of benzene rings is 4. The number of hydrogen-bond donors (Lipinski definition) is 2. The molecule has 5 rings (SSSR count). The molecule has 2 N–H and O–H groups in total. The van der Waals surface area contributed by atoms with Crippen molar-refractivity contribution in [2.45, 2.75) is 32.2 Å². The van der Waals surface area contributed by atoms with Gasteiger partial charge < -0.3 is 10.4 Å². The maximum atomic E-state index is 14.2. The summed E-state index contributed by atoms with van der Waals surface area (Å²) in [5.74, 6) is -1.84. The third kappa shape index (κ3) is 5.90. The highest BCUT2D eigenvalue weighted by Gasteiger charge is 2.15. The fourth-order valence-electron chi connectivity index (χ4n) is 4.57. The number of nitrogens with zero attached hydrogens (tertiary/aromatic N) is 2. The molecule has 5 aromatic rings. The Kier molecular flexibility index (Phi) is 7.54. The van der Waals surface area contributed by atoms with E-state index in [1.165, 1.54) is 18.2 Å². The van der Waals surface area contributed by atoms with E-state index in [0.29, 0.717) is 58.2 Å². The molecule has 0 unspecified atom stereocenters. The number of carboxylic acids is 1. The highest BCUT2D eigenvalue weighted by Crippen LogP contribution is 2.26. The molecule has 0 saturated heterocycles. The third-order valence-corrected chi connectivity index (χ3v) is 6.57. The van der Waals surface area contributed by atoms with E-state index in [9.17, 15) is 18.4 Å². The molecule has 0 fully saturated rings. The Bertz CT molecular complexity index is 1690. The number of carbonyl (C=O) groups is 2. The molecule has 0 radical (unpaired) electrons. The Labute approximate surface area is 223 Å². The summed E-state index contributed by atoms with van der Waals surface area (Å²) in [4.78, 5) is 33.5. The summed E-state index contributed by atoms with van der Waals surface area (Å²) >= 11 is 0. The lowest BCUT2D eigenvalue weighted by molar-refractivity contribution is -0.137. The predicted molar refractivity (Wildman–Crippen MR) is 145 cm³/mol. The van der Waals surface area contributed by atoms with Crippen LogP contribution in [0, 0.1) is 11.6 Å².